The van der Waals surface area contributed by atoms with Crippen molar-refractivity contribution in [3.8, 4) is 0 Å². The van der Waals surface area contributed by atoms with Crippen LogP contribution in [0.5, 0.6) is 0 Å². The first kappa shape index (κ1) is 11.7. The Labute approximate surface area is 74.9 Å². The maximum absolute atomic E-state index is 9.45. The third-order valence-electron chi connectivity index (χ3n) is 2.11. The smallest absolute Gasteiger partial charge is 0.0849 e. The number of hydrogen-bond acceptors (Lipinski definition) is 2. The van der Waals surface area contributed by atoms with Gasteiger partial charge in [-0.15, -0.1) is 6.58 Å². The van der Waals surface area contributed by atoms with Gasteiger partial charge in [0.15, 0.2) is 0 Å². The van der Waals surface area contributed by atoms with E-state index in [0.717, 1.165) is 6.42 Å². The average Bonchev–Trinajstić information content (AvgIpc) is 1.97. The molecule has 0 aromatic carbocycles. The molecule has 0 saturated heterocycles. The van der Waals surface area contributed by atoms with Gasteiger partial charge in [0.1, 0.15) is 0 Å². The van der Waals surface area contributed by atoms with Crippen molar-refractivity contribution in [2.75, 3.05) is 0 Å². The molecule has 2 atom stereocenters. The first-order valence-corrected chi connectivity index (χ1v) is 4.41. The Kier molecular flexibility index (Phi) is 4.50. The molecule has 72 valence electrons. The maximum atomic E-state index is 9.45. The zero-order valence-corrected chi connectivity index (χ0v) is 8.25. The summed E-state index contributed by atoms with van der Waals surface area (Å²) in [5.74, 6) is 0.405. The van der Waals surface area contributed by atoms with Crippen LogP contribution in [0.2, 0.25) is 0 Å². The molecular weight excluding hydrogens is 152 g/mol. The monoisotopic (exact) mass is 172 g/mol. The van der Waals surface area contributed by atoms with Crippen molar-refractivity contribution in [1.29, 1.82) is 0 Å². The van der Waals surface area contributed by atoms with Gasteiger partial charge >= 0.3 is 0 Å². The van der Waals surface area contributed by atoms with Gasteiger partial charge in [-0.05, 0) is 32.6 Å². The Morgan fingerprint density at radius 2 is 1.92 bits per heavy atom. The van der Waals surface area contributed by atoms with Crippen molar-refractivity contribution >= 4 is 0 Å². The van der Waals surface area contributed by atoms with Crippen LogP contribution >= 0.6 is 0 Å². The summed E-state index contributed by atoms with van der Waals surface area (Å²) in [6, 6.07) is 0. The lowest BCUT2D eigenvalue weighted by atomic mass is 9.94. The fourth-order valence-electron chi connectivity index (χ4n) is 0.892. The Balaban J connectivity index is 3.71. The first-order chi connectivity index (χ1) is 5.38. The van der Waals surface area contributed by atoms with Crippen LogP contribution in [0.3, 0.4) is 0 Å². The summed E-state index contributed by atoms with van der Waals surface area (Å²) in [5, 5.41) is 18.8. The topological polar surface area (TPSA) is 40.5 Å². The standard InChI is InChI=1S/C10H20O2/c1-5-8(2)6-7-9(11)10(3,4)12/h5,8-9,11-12H,1,6-7H2,2-4H3/t8-,9+/m0/s1. The van der Waals surface area contributed by atoms with Gasteiger partial charge in [-0.25, -0.2) is 0 Å². The number of allylic oxidation sites excluding steroid dienone is 1. The molecule has 0 aromatic rings. The predicted octanol–water partition coefficient (Wildman–Crippen LogP) is 1.72. The lowest BCUT2D eigenvalue weighted by molar-refractivity contribution is -0.0528. The molecule has 2 nitrogen and oxygen atoms in total. The fourth-order valence-corrected chi connectivity index (χ4v) is 0.892. The van der Waals surface area contributed by atoms with Crippen molar-refractivity contribution < 1.29 is 10.2 Å². The molecule has 0 aliphatic rings. The zero-order valence-electron chi connectivity index (χ0n) is 8.25. The van der Waals surface area contributed by atoms with E-state index in [-0.39, 0.29) is 0 Å². The lowest BCUT2D eigenvalue weighted by Gasteiger charge is -2.24. The van der Waals surface area contributed by atoms with E-state index in [1.807, 2.05) is 13.0 Å². The van der Waals surface area contributed by atoms with Gasteiger partial charge in [0.25, 0.3) is 0 Å². The number of rotatable bonds is 5. The van der Waals surface area contributed by atoms with Crippen molar-refractivity contribution in [2.24, 2.45) is 5.92 Å². The van der Waals surface area contributed by atoms with E-state index < -0.39 is 11.7 Å². The van der Waals surface area contributed by atoms with Crippen molar-refractivity contribution in [3.05, 3.63) is 12.7 Å². The van der Waals surface area contributed by atoms with Crippen LogP contribution in [-0.2, 0) is 0 Å². The molecule has 12 heavy (non-hydrogen) atoms. The summed E-state index contributed by atoms with van der Waals surface area (Å²) in [7, 11) is 0. The number of aliphatic hydroxyl groups excluding tert-OH is 1. The maximum Gasteiger partial charge on any atom is 0.0849 e. The van der Waals surface area contributed by atoms with Crippen molar-refractivity contribution in [1.82, 2.24) is 0 Å². The summed E-state index contributed by atoms with van der Waals surface area (Å²) in [6.45, 7) is 8.94. The van der Waals surface area contributed by atoms with Crippen LogP contribution < -0.4 is 0 Å². The van der Waals surface area contributed by atoms with E-state index in [2.05, 4.69) is 6.58 Å². The normalized spacial score (nSPS) is 17.1. The lowest BCUT2D eigenvalue weighted by Crippen LogP contribution is -2.35. The highest BCUT2D eigenvalue weighted by molar-refractivity contribution is 4.80. The molecule has 0 rings (SSSR count). The molecule has 2 heteroatoms. The minimum atomic E-state index is -0.985. The molecule has 0 aliphatic heterocycles. The molecule has 0 amide bonds. The number of aliphatic hydroxyl groups is 2. The van der Waals surface area contributed by atoms with Gasteiger partial charge in [-0.1, -0.05) is 13.0 Å². The molecule has 0 aliphatic carbocycles. The van der Waals surface area contributed by atoms with Gasteiger partial charge in [0.2, 0.25) is 0 Å². The highest BCUT2D eigenvalue weighted by atomic mass is 16.3. The highest BCUT2D eigenvalue weighted by Gasteiger charge is 2.23. The summed E-state index contributed by atoms with van der Waals surface area (Å²) in [5.41, 5.74) is -0.985. The van der Waals surface area contributed by atoms with Crippen LogP contribution in [0.1, 0.15) is 33.6 Å². The largest absolute Gasteiger partial charge is 0.390 e. The van der Waals surface area contributed by atoms with Crippen molar-refractivity contribution in [3.63, 3.8) is 0 Å². The van der Waals surface area contributed by atoms with Crippen molar-refractivity contribution in [2.45, 2.75) is 45.3 Å². The third-order valence-corrected chi connectivity index (χ3v) is 2.11. The summed E-state index contributed by atoms with van der Waals surface area (Å²) in [4.78, 5) is 0. The third kappa shape index (κ3) is 4.52. The molecule has 2 N–H and O–H groups in total. The van der Waals surface area contributed by atoms with Gasteiger partial charge in [-0.3, -0.25) is 0 Å². The second-order valence-corrected chi connectivity index (χ2v) is 3.96. The quantitative estimate of drug-likeness (QED) is 0.620. The molecular formula is C10H20O2. The molecule has 0 radical (unpaired) electrons. The van der Waals surface area contributed by atoms with Gasteiger partial charge < -0.3 is 10.2 Å². The van der Waals surface area contributed by atoms with Gasteiger partial charge in [0.05, 0.1) is 11.7 Å². The Bertz CT molecular complexity index is 135. The SMILES string of the molecule is C=C[C@H](C)CC[C@@H](O)C(C)(C)O. The van der Waals surface area contributed by atoms with E-state index >= 15 is 0 Å². The van der Waals surface area contributed by atoms with Crippen LogP contribution in [0.4, 0.5) is 0 Å². The Hall–Kier alpha value is -0.340. The molecule has 0 fully saturated rings. The summed E-state index contributed by atoms with van der Waals surface area (Å²) in [6.07, 6.45) is 2.71. The summed E-state index contributed by atoms with van der Waals surface area (Å²) < 4.78 is 0. The molecule has 0 unspecified atom stereocenters. The van der Waals surface area contributed by atoms with E-state index in [0.29, 0.717) is 12.3 Å². The first-order valence-electron chi connectivity index (χ1n) is 4.41. The van der Waals surface area contributed by atoms with Crippen LogP contribution in [0.15, 0.2) is 12.7 Å². The molecule has 0 aromatic heterocycles. The van der Waals surface area contributed by atoms with Crippen LogP contribution in [-0.4, -0.2) is 21.9 Å². The van der Waals surface area contributed by atoms with E-state index in [4.69, 9.17) is 0 Å². The Morgan fingerprint density at radius 3 is 2.25 bits per heavy atom. The molecule has 0 bridgehead atoms. The van der Waals surface area contributed by atoms with Crippen LogP contribution in [0, 0.1) is 5.92 Å². The zero-order chi connectivity index (χ0) is 9.78. The minimum Gasteiger partial charge on any atom is -0.390 e. The Morgan fingerprint density at radius 1 is 1.42 bits per heavy atom. The number of hydrogen-bond donors (Lipinski definition) is 2. The second-order valence-electron chi connectivity index (χ2n) is 3.96. The van der Waals surface area contributed by atoms with E-state index in [1.54, 1.807) is 13.8 Å². The minimum absolute atomic E-state index is 0.405. The van der Waals surface area contributed by atoms with E-state index in [1.165, 1.54) is 0 Å². The molecule has 0 heterocycles. The second kappa shape index (κ2) is 4.63. The summed E-state index contributed by atoms with van der Waals surface area (Å²) >= 11 is 0. The molecule has 0 saturated carbocycles. The fraction of sp³-hybridized carbons (Fsp3) is 0.800. The van der Waals surface area contributed by atoms with Crippen LogP contribution in [0.25, 0.3) is 0 Å². The average molecular weight is 172 g/mol. The highest BCUT2D eigenvalue weighted by Crippen LogP contribution is 2.16. The van der Waals surface area contributed by atoms with Gasteiger partial charge in [-0.2, -0.15) is 0 Å². The van der Waals surface area contributed by atoms with Gasteiger partial charge in [0, 0.05) is 0 Å². The molecule has 0 spiro atoms. The predicted molar refractivity (Wildman–Crippen MR) is 50.9 cm³/mol. The van der Waals surface area contributed by atoms with E-state index in [9.17, 15) is 10.2 Å².